The lowest BCUT2D eigenvalue weighted by Gasteiger charge is -2.34. The van der Waals surface area contributed by atoms with Gasteiger partial charge in [0.15, 0.2) is 0 Å². The summed E-state index contributed by atoms with van der Waals surface area (Å²) in [4.78, 5) is 2.29. The van der Waals surface area contributed by atoms with Gasteiger partial charge < -0.3 is 15.7 Å². The third-order valence-electron chi connectivity index (χ3n) is 2.64. The molecule has 0 aliphatic carbocycles. The minimum absolute atomic E-state index is 0.124. The van der Waals surface area contributed by atoms with Crippen molar-refractivity contribution in [3.63, 3.8) is 0 Å². The highest BCUT2D eigenvalue weighted by molar-refractivity contribution is 5.77. The molecular weight excluding hydrogens is 166 g/mol. The quantitative estimate of drug-likeness (QED) is 0.433. The van der Waals surface area contributed by atoms with Crippen LogP contribution in [0.25, 0.3) is 0 Å². The second-order valence-electron chi connectivity index (χ2n) is 3.85. The lowest BCUT2D eigenvalue weighted by Crippen LogP contribution is -2.42. The van der Waals surface area contributed by atoms with Crippen molar-refractivity contribution in [2.24, 2.45) is 5.73 Å². The van der Waals surface area contributed by atoms with Crippen LogP contribution >= 0.6 is 0 Å². The largest absolute Gasteiger partial charge is 0.393 e. The summed E-state index contributed by atoms with van der Waals surface area (Å²) in [6, 6.07) is 0.338. The first-order chi connectivity index (χ1) is 6.09. The van der Waals surface area contributed by atoms with Gasteiger partial charge >= 0.3 is 0 Å². The van der Waals surface area contributed by atoms with Crippen LogP contribution < -0.4 is 5.73 Å². The predicted octanol–water partition coefficient (Wildman–Crippen LogP) is 0.158. The van der Waals surface area contributed by atoms with Gasteiger partial charge in [0, 0.05) is 25.6 Å². The van der Waals surface area contributed by atoms with Gasteiger partial charge in [-0.05, 0) is 19.8 Å². The zero-order valence-corrected chi connectivity index (χ0v) is 8.16. The summed E-state index contributed by atoms with van der Waals surface area (Å²) in [5.74, 6) is 0.249. The summed E-state index contributed by atoms with van der Waals surface area (Å²) in [5.41, 5.74) is 5.33. The molecule has 0 aromatic rings. The van der Waals surface area contributed by atoms with Gasteiger partial charge in [-0.1, -0.05) is 0 Å². The summed E-state index contributed by atoms with van der Waals surface area (Å²) in [7, 11) is 0. The second-order valence-corrected chi connectivity index (χ2v) is 3.85. The minimum Gasteiger partial charge on any atom is -0.393 e. The van der Waals surface area contributed by atoms with Crippen LogP contribution in [-0.2, 0) is 0 Å². The number of nitrogens with one attached hydrogen (secondary N) is 1. The second kappa shape index (κ2) is 4.58. The molecule has 0 radical (unpaired) electrons. The van der Waals surface area contributed by atoms with E-state index in [-0.39, 0.29) is 11.9 Å². The Balaban J connectivity index is 2.31. The number of hydrogen-bond donors (Lipinski definition) is 3. The van der Waals surface area contributed by atoms with E-state index in [1.165, 1.54) is 0 Å². The van der Waals surface area contributed by atoms with Crippen LogP contribution in [0.3, 0.4) is 0 Å². The van der Waals surface area contributed by atoms with Crippen LogP contribution in [0, 0.1) is 5.41 Å². The van der Waals surface area contributed by atoms with Crippen molar-refractivity contribution < 1.29 is 5.11 Å². The molecule has 13 heavy (non-hydrogen) atoms. The molecule has 4 heteroatoms. The molecule has 4 nitrogen and oxygen atoms in total. The maximum Gasteiger partial charge on any atom is 0.0920 e. The van der Waals surface area contributed by atoms with Crippen LogP contribution in [-0.4, -0.2) is 41.1 Å². The fourth-order valence-corrected chi connectivity index (χ4v) is 1.77. The SMILES string of the molecule is CC(CC(=N)N)N1CCC(O)CC1. The Kier molecular flexibility index (Phi) is 3.69. The Morgan fingerprint density at radius 3 is 2.62 bits per heavy atom. The molecule has 0 spiro atoms. The Hall–Kier alpha value is -0.610. The van der Waals surface area contributed by atoms with E-state index in [9.17, 15) is 5.11 Å². The van der Waals surface area contributed by atoms with Gasteiger partial charge in [0.1, 0.15) is 0 Å². The van der Waals surface area contributed by atoms with Crippen LogP contribution in [0.1, 0.15) is 26.2 Å². The van der Waals surface area contributed by atoms with E-state index in [1.54, 1.807) is 0 Å². The molecule has 1 aliphatic rings. The van der Waals surface area contributed by atoms with Crippen LogP contribution in [0.15, 0.2) is 0 Å². The average Bonchev–Trinajstić information content (AvgIpc) is 2.04. The van der Waals surface area contributed by atoms with E-state index in [1.807, 2.05) is 0 Å². The first-order valence-electron chi connectivity index (χ1n) is 4.84. The molecule has 1 heterocycles. The minimum atomic E-state index is -0.124. The molecule has 0 aromatic carbocycles. The van der Waals surface area contributed by atoms with Gasteiger partial charge in [0.25, 0.3) is 0 Å². The third-order valence-corrected chi connectivity index (χ3v) is 2.64. The van der Waals surface area contributed by atoms with Gasteiger partial charge in [-0.3, -0.25) is 5.41 Å². The van der Waals surface area contributed by atoms with Gasteiger partial charge in [-0.2, -0.15) is 0 Å². The molecule has 1 unspecified atom stereocenters. The van der Waals surface area contributed by atoms with Crippen LogP contribution in [0.2, 0.25) is 0 Å². The van der Waals surface area contributed by atoms with E-state index in [0.29, 0.717) is 12.5 Å². The molecule has 4 N–H and O–H groups in total. The Bertz CT molecular complexity index is 176. The van der Waals surface area contributed by atoms with Crippen molar-refractivity contribution in [3.8, 4) is 0 Å². The lowest BCUT2D eigenvalue weighted by molar-refractivity contribution is 0.0661. The van der Waals surface area contributed by atoms with E-state index in [0.717, 1.165) is 25.9 Å². The number of aliphatic hydroxyl groups is 1. The first kappa shape index (κ1) is 10.5. The molecule has 76 valence electrons. The number of likely N-dealkylation sites (tertiary alicyclic amines) is 1. The maximum absolute atomic E-state index is 9.30. The van der Waals surface area contributed by atoms with Crippen molar-refractivity contribution in [1.29, 1.82) is 5.41 Å². The number of amidine groups is 1. The van der Waals surface area contributed by atoms with Crippen molar-refractivity contribution in [1.82, 2.24) is 4.90 Å². The van der Waals surface area contributed by atoms with Gasteiger partial charge in [-0.25, -0.2) is 0 Å². The van der Waals surface area contributed by atoms with Gasteiger partial charge in [0.2, 0.25) is 0 Å². The third kappa shape index (κ3) is 3.32. The van der Waals surface area contributed by atoms with Crippen LogP contribution in [0.4, 0.5) is 0 Å². The van der Waals surface area contributed by atoms with Gasteiger partial charge in [0.05, 0.1) is 11.9 Å². The number of rotatable bonds is 3. The van der Waals surface area contributed by atoms with Crippen molar-refractivity contribution >= 4 is 5.84 Å². The molecule has 1 atom stereocenters. The molecule has 0 bridgehead atoms. The Morgan fingerprint density at radius 2 is 2.15 bits per heavy atom. The fourth-order valence-electron chi connectivity index (χ4n) is 1.77. The summed E-state index contributed by atoms with van der Waals surface area (Å²) in [5, 5.41) is 16.5. The maximum atomic E-state index is 9.30. The fraction of sp³-hybridized carbons (Fsp3) is 0.889. The van der Waals surface area contributed by atoms with Crippen molar-refractivity contribution in [2.45, 2.75) is 38.3 Å². The standard InChI is InChI=1S/C9H19N3O/c1-7(6-9(10)11)12-4-2-8(13)3-5-12/h7-8,13H,2-6H2,1H3,(H3,10,11). The van der Waals surface area contributed by atoms with E-state index in [2.05, 4.69) is 11.8 Å². The topological polar surface area (TPSA) is 73.3 Å². The normalized spacial score (nSPS) is 22.9. The zero-order valence-electron chi connectivity index (χ0n) is 8.16. The molecule has 0 aromatic heterocycles. The molecule has 1 aliphatic heterocycles. The number of aliphatic hydroxyl groups excluding tert-OH is 1. The molecule has 0 amide bonds. The summed E-state index contributed by atoms with van der Waals surface area (Å²) >= 11 is 0. The number of hydrogen-bond acceptors (Lipinski definition) is 3. The smallest absolute Gasteiger partial charge is 0.0920 e. The van der Waals surface area contributed by atoms with Crippen LogP contribution in [0.5, 0.6) is 0 Å². The highest BCUT2D eigenvalue weighted by Gasteiger charge is 2.21. The van der Waals surface area contributed by atoms with Gasteiger partial charge in [-0.15, -0.1) is 0 Å². The van der Waals surface area contributed by atoms with E-state index < -0.39 is 0 Å². The first-order valence-corrected chi connectivity index (χ1v) is 4.84. The Labute approximate surface area is 79.2 Å². The number of piperidine rings is 1. The summed E-state index contributed by atoms with van der Waals surface area (Å²) < 4.78 is 0. The Morgan fingerprint density at radius 1 is 1.62 bits per heavy atom. The number of nitrogens with two attached hydrogens (primary N) is 1. The number of nitrogens with zero attached hydrogens (tertiary/aromatic N) is 1. The highest BCUT2D eigenvalue weighted by atomic mass is 16.3. The van der Waals surface area contributed by atoms with E-state index >= 15 is 0 Å². The molecular formula is C9H19N3O. The monoisotopic (exact) mass is 185 g/mol. The zero-order chi connectivity index (χ0) is 9.84. The molecule has 1 saturated heterocycles. The van der Waals surface area contributed by atoms with Crippen molar-refractivity contribution in [3.05, 3.63) is 0 Å². The van der Waals surface area contributed by atoms with E-state index in [4.69, 9.17) is 11.1 Å². The summed E-state index contributed by atoms with van der Waals surface area (Å²) in [6.45, 7) is 3.93. The summed E-state index contributed by atoms with van der Waals surface area (Å²) in [6.07, 6.45) is 2.21. The molecule has 1 fully saturated rings. The molecule has 0 saturated carbocycles. The molecule has 1 rings (SSSR count). The predicted molar refractivity (Wildman–Crippen MR) is 52.8 cm³/mol. The highest BCUT2D eigenvalue weighted by Crippen LogP contribution is 2.14. The van der Waals surface area contributed by atoms with Crippen molar-refractivity contribution in [2.75, 3.05) is 13.1 Å². The lowest BCUT2D eigenvalue weighted by atomic mass is 10.0. The average molecular weight is 185 g/mol.